The highest BCUT2D eigenvalue weighted by Crippen LogP contribution is 2.64. The molecule has 0 aromatic heterocycles. The van der Waals surface area contributed by atoms with E-state index in [9.17, 15) is 0 Å². The second kappa shape index (κ2) is 7.50. The van der Waals surface area contributed by atoms with Crippen molar-refractivity contribution in [2.45, 2.75) is 109 Å². The molecule has 1 aromatic carbocycles. The lowest BCUT2D eigenvalue weighted by atomic mass is 9.49. The lowest BCUT2D eigenvalue weighted by Gasteiger charge is -2.58. The Balaban J connectivity index is 1.10. The third-order valence-corrected chi connectivity index (χ3v) is 12.5. The average Bonchev–Trinajstić information content (AvgIpc) is 3.55. The summed E-state index contributed by atoms with van der Waals surface area (Å²) in [5.74, 6) is 9.06. The predicted molar refractivity (Wildman–Crippen MR) is 135 cm³/mol. The molecule has 0 aliphatic heterocycles. The number of hydrogen-bond acceptors (Lipinski definition) is 2. The van der Waals surface area contributed by atoms with Crippen molar-refractivity contribution in [3.63, 3.8) is 0 Å². The summed E-state index contributed by atoms with van der Waals surface area (Å²) in [6, 6.07) is 7.04. The van der Waals surface area contributed by atoms with Crippen molar-refractivity contribution in [1.29, 1.82) is 0 Å². The molecule has 2 heteroatoms. The third kappa shape index (κ3) is 3.09. The molecule has 7 fully saturated rings. The van der Waals surface area contributed by atoms with Crippen LogP contribution >= 0.6 is 0 Å². The SMILES string of the molecule is CC1Cc2cc(OC(OC3CC4CC3C3CCCC43)C34CC5CC(CC(C5)C3)C4)ccc2C1C. The molecule has 9 rings (SSSR count). The van der Waals surface area contributed by atoms with Crippen LogP contribution in [0.15, 0.2) is 18.2 Å². The van der Waals surface area contributed by atoms with Gasteiger partial charge in [0.05, 0.1) is 6.10 Å². The van der Waals surface area contributed by atoms with E-state index in [4.69, 9.17) is 9.47 Å². The Hall–Kier alpha value is -1.02. The van der Waals surface area contributed by atoms with Crippen LogP contribution in [0, 0.1) is 52.8 Å². The van der Waals surface area contributed by atoms with Crippen LogP contribution in [0.5, 0.6) is 5.75 Å². The van der Waals surface area contributed by atoms with Crippen LogP contribution in [0.3, 0.4) is 0 Å². The zero-order valence-electron chi connectivity index (χ0n) is 21.4. The second-order valence-electron chi connectivity index (χ2n) is 14.4. The lowest BCUT2D eigenvalue weighted by Crippen LogP contribution is -2.55. The molecule has 0 saturated heterocycles. The van der Waals surface area contributed by atoms with Crippen molar-refractivity contribution in [1.82, 2.24) is 0 Å². The van der Waals surface area contributed by atoms with E-state index in [1.54, 1.807) is 5.56 Å². The number of hydrogen-bond donors (Lipinski definition) is 0. The highest BCUT2D eigenvalue weighted by molar-refractivity contribution is 5.41. The first kappa shape index (κ1) is 21.1. The molecule has 0 N–H and O–H groups in total. The molecule has 0 spiro atoms. The van der Waals surface area contributed by atoms with Gasteiger partial charge >= 0.3 is 0 Å². The first-order valence-corrected chi connectivity index (χ1v) is 15.0. The highest BCUT2D eigenvalue weighted by atomic mass is 16.7. The van der Waals surface area contributed by atoms with E-state index in [1.807, 2.05) is 0 Å². The van der Waals surface area contributed by atoms with Crippen molar-refractivity contribution >= 4 is 0 Å². The van der Waals surface area contributed by atoms with E-state index in [2.05, 4.69) is 32.0 Å². The predicted octanol–water partition coefficient (Wildman–Crippen LogP) is 7.74. The van der Waals surface area contributed by atoms with Gasteiger partial charge in [0.1, 0.15) is 5.75 Å². The Labute approximate surface area is 206 Å². The number of ether oxygens (including phenoxy) is 2. The van der Waals surface area contributed by atoms with Gasteiger partial charge in [0.15, 0.2) is 0 Å². The maximum atomic E-state index is 7.28. The fraction of sp³-hybridized carbons (Fsp3) is 0.812. The van der Waals surface area contributed by atoms with Crippen LogP contribution < -0.4 is 4.74 Å². The molecule has 0 heterocycles. The van der Waals surface area contributed by atoms with Crippen LogP contribution in [0.25, 0.3) is 0 Å². The van der Waals surface area contributed by atoms with E-state index in [0.29, 0.717) is 12.0 Å². The molecule has 8 aliphatic carbocycles. The van der Waals surface area contributed by atoms with Crippen LogP contribution in [0.4, 0.5) is 0 Å². The largest absolute Gasteiger partial charge is 0.464 e. The van der Waals surface area contributed by atoms with Crippen LogP contribution in [0.1, 0.15) is 102 Å². The second-order valence-corrected chi connectivity index (χ2v) is 14.4. The molecule has 8 aliphatic rings. The van der Waals surface area contributed by atoms with Gasteiger partial charge in [0.25, 0.3) is 0 Å². The minimum absolute atomic E-state index is 0.0283. The number of benzene rings is 1. The smallest absolute Gasteiger partial charge is 0.205 e. The quantitative estimate of drug-likeness (QED) is 0.418. The molecule has 34 heavy (non-hydrogen) atoms. The molecule has 0 radical (unpaired) electrons. The first-order valence-electron chi connectivity index (χ1n) is 15.0. The Morgan fingerprint density at radius 2 is 1.59 bits per heavy atom. The first-order chi connectivity index (χ1) is 16.5. The summed E-state index contributed by atoms with van der Waals surface area (Å²) in [7, 11) is 0. The Bertz CT molecular complexity index is 930. The van der Waals surface area contributed by atoms with Gasteiger partial charge in [-0.1, -0.05) is 26.3 Å². The topological polar surface area (TPSA) is 18.5 Å². The molecule has 2 nitrogen and oxygen atoms in total. The van der Waals surface area contributed by atoms with E-state index in [-0.39, 0.29) is 11.7 Å². The summed E-state index contributed by atoms with van der Waals surface area (Å²) >= 11 is 0. The molecular formula is C32H44O2. The van der Waals surface area contributed by atoms with Crippen LogP contribution in [-0.4, -0.2) is 12.4 Å². The van der Waals surface area contributed by atoms with Gasteiger partial charge in [-0.2, -0.15) is 0 Å². The van der Waals surface area contributed by atoms with Gasteiger partial charge in [-0.25, -0.2) is 0 Å². The normalized spacial score (nSPS) is 50.5. The molecule has 8 atom stereocenters. The van der Waals surface area contributed by atoms with Gasteiger partial charge in [0, 0.05) is 5.41 Å². The zero-order valence-corrected chi connectivity index (χ0v) is 21.4. The van der Waals surface area contributed by atoms with Crippen molar-refractivity contribution in [3.8, 4) is 5.75 Å². The van der Waals surface area contributed by atoms with Gasteiger partial charge in [-0.15, -0.1) is 0 Å². The molecule has 1 aromatic rings. The third-order valence-electron chi connectivity index (χ3n) is 12.5. The lowest BCUT2D eigenvalue weighted by molar-refractivity contribution is -0.241. The molecule has 0 amide bonds. The standard InChI is InChI=1S/C32H44O2/c1-18-8-23-12-25(6-7-26(23)19(18)2)33-31(32-15-20-9-21(16-32)11-22(10-20)17-32)34-30-14-24-13-29(30)28-5-3-4-27(24)28/h6-7,12,18-22,24,27-31H,3-5,8-11,13-17H2,1-2H3. The molecular weight excluding hydrogens is 416 g/mol. The van der Waals surface area contributed by atoms with Crippen LogP contribution in [0.2, 0.25) is 0 Å². The summed E-state index contributed by atoms with van der Waals surface area (Å²) in [6.45, 7) is 4.79. The molecule has 6 bridgehead atoms. The summed E-state index contributed by atoms with van der Waals surface area (Å²) in [4.78, 5) is 0. The summed E-state index contributed by atoms with van der Waals surface area (Å²) in [6.07, 6.45) is 17.4. The van der Waals surface area contributed by atoms with Crippen molar-refractivity contribution in [2.75, 3.05) is 0 Å². The van der Waals surface area contributed by atoms with Gasteiger partial charge < -0.3 is 9.47 Å². The summed E-state index contributed by atoms with van der Waals surface area (Å²) < 4.78 is 14.3. The Kier molecular flexibility index (Phi) is 4.65. The monoisotopic (exact) mass is 460 g/mol. The van der Waals surface area contributed by atoms with E-state index >= 15 is 0 Å². The maximum Gasteiger partial charge on any atom is 0.205 e. The molecule has 7 saturated carbocycles. The van der Waals surface area contributed by atoms with Crippen molar-refractivity contribution in [3.05, 3.63) is 29.3 Å². The van der Waals surface area contributed by atoms with E-state index < -0.39 is 0 Å². The van der Waals surface area contributed by atoms with Crippen LogP contribution in [-0.2, 0) is 11.2 Å². The maximum absolute atomic E-state index is 7.28. The minimum atomic E-state index is -0.0283. The Morgan fingerprint density at radius 3 is 2.35 bits per heavy atom. The zero-order chi connectivity index (χ0) is 22.6. The highest BCUT2D eigenvalue weighted by Gasteiger charge is 2.59. The van der Waals surface area contributed by atoms with Crippen molar-refractivity contribution < 1.29 is 9.47 Å². The van der Waals surface area contributed by atoms with E-state index in [1.165, 1.54) is 82.6 Å². The van der Waals surface area contributed by atoms with Gasteiger partial charge in [-0.3, -0.25) is 0 Å². The van der Waals surface area contributed by atoms with E-state index in [0.717, 1.165) is 53.1 Å². The minimum Gasteiger partial charge on any atom is -0.464 e. The average molecular weight is 461 g/mol. The fourth-order valence-electron chi connectivity index (χ4n) is 11.3. The summed E-state index contributed by atoms with van der Waals surface area (Å²) in [5.41, 5.74) is 3.34. The number of rotatable bonds is 5. The summed E-state index contributed by atoms with van der Waals surface area (Å²) in [5, 5.41) is 0. The Morgan fingerprint density at radius 1 is 0.853 bits per heavy atom. The van der Waals surface area contributed by atoms with Gasteiger partial charge in [0.2, 0.25) is 6.29 Å². The number of fused-ring (bicyclic) bond motifs is 6. The molecule has 8 unspecified atom stereocenters. The van der Waals surface area contributed by atoms with Gasteiger partial charge in [-0.05, 0) is 147 Å². The van der Waals surface area contributed by atoms with Crippen molar-refractivity contribution in [2.24, 2.45) is 52.8 Å². The fourth-order valence-corrected chi connectivity index (χ4v) is 11.3. The molecule has 184 valence electrons.